The van der Waals surface area contributed by atoms with E-state index in [9.17, 15) is 4.79 Å². The molecule has 4 rings (SSSR count). The van der Waals surface area contributed by atoms with Gasteiger partial charge in [0, 0.05) is 13.2 Å². The topological polar surface area (TPSA) is 49.3 Å². The lowest BCUT2D eigenvalue weighted by Crippen LogP contribution is -2.56. The number of nitrogens with one attached hydrogen (secondary N) is 1. The van der Waals surface area contributed by atoms with E-state index in [4.69, 9.17) is 5.11 Å². The van der Waals surface area contributed by atoms with E-state index in [1.165, 1.54) is 19.3 Å². The lowest BCUT2D eigenvalue weighted by molar-refractivity contribution is -0.155. The fourth-order valence-corrected chi connectivity index (χ4v) is 5.45. The molecule has 3 heteroatoms. The molecule has 4 fully saturated rings. The van der Waals surface area contributed by atoms with Gasteiger partial charge in [-0.2, -0.15) is 0 Å². The Morgan fingerprint density at radius 2 is 1.94 bits per heavy atom. The first-order chi connectivity index (χ1) is 8.55. The average Bonchev–Trinajstić information content (AvgIpc) is 2.25. The van der Waals surface area contributed by atoms with Crippen LogP contribution in [0, 0.1) is 22.7 Å². The van der Waals surface area contributed by atoms with Gasteiger partial charge in [0.25, 0.3) is 0 Å². The minimum Gasteiger partial charge on any atom is -0.396 e. The molecule has 0 radical (unpaired) electrons. The van der Waals surface area contributed by atoms with Crippen molar-refractivity contribution in [3.05, 3.63) is 0 Å². The molecule has 0 aromatic carbocycles. The Bertz CT molecular complexity index is 338. The van der Waals surface area contributed by atoms with Crippen molar-refractivity contribution >= 4 is 5.91 Å². The number of amides is 1. The lowest BCUT2D eigenvalue weighted by Gasteiger charge is -2.60. The summed E-state index contributed by atoms with van der Waals surface area (Å²) in [6.07, 6.45) is 8.05. The maximum Gasteiger partial charge on any atom is 0.226 e. The first-order valence-corrected chi connectivity index (χ1v) is 7.44. The second-order valence-corrected chi connectivity index (χ2v) is 7.39. The summed E-state index contributed by atoms with van der Waals surface area (Å²) >= 11 is 0. The summed E-state index contributed by atoms with van der Waals surface area (Å²) in [6.45, 7) is 3.18. The van der Waals surface area contributed by atoms with Gasteiger partial charge in [0.2, 0.25) is 5.91 Å². The van der Waals surface area contributed by atoms with Crippen LogP contribution in [0.1, 0.15) is 51.9 Å². The number of aliphatic hydroxyl groups is 1. The molecule has 1 amide bonds. The molecule has 0 spiro atoms. The average molecular weight is 251 g/mol. The van der Waals surface area contributed by atoms with Crippen molar-refractivity contribution < 1.29 is 9.90 Å². The van der Waals surface area contributed by atoms with Crippen molar-refractivity contribution in [1.82, 2.24) is 5.32 Å². The molecule has 18 heavy (non-hydrogen) atoms. The summed E-state index contributed by atoms with van der Waals surface area (Å²) in [4.78, 5) is 12.5. The minimum atomic E-state index is -0.0612. The molecule has 102 valence electrons. The van der Waals surface area contributed by atoms with Crippen LogP contribution in [0.2, 0.25) is 0 Å². The summed E-state index contributed by atoms with van der Waals surface area (Å²) in [5.74, 6) is 1.86. The maximum atomic E-state index is 12.5. The maximum absolute atomic E-state index is 12.5. The summed E-state index contributed by atoms with van der Waals surface area (Å²) < 4.78 is 0. The van der Waals surface area contributed by atoms with Crippen LogP contribution in [0.5, 0.6) is 0 Å². The quantitative estimate of drug-likeness (QED) is 0.752. The highest BCUT2D eigenvalue weighted by Gasteiger charge is 2.58. The van der Waals surface area contributed by atoms with Gasteiger partial charge in [0.15, 0.2) is 0 Å². The Morgan fingerprint density at radius 3 is 2.50 bits per heavy atom. The van der Waals surface area contributed by atoms with Crippen molar-refractivity contribution in [3.8, 4) is 0 Å². The largest absolute Gasteiger partial charge is 0.396 e. The zero-order valence-electron chi connectivity index (χ0n) is 11.4. The van der Waals surface area contributed by atoms with E-state index in [0.717, 1.165) is 31.1 Å². The van der Waals surface area contributed by atoms with Crippen LogP contribution in [-0.4, -0.2) is 24.2 Å². The van der Waals surface area contributed by atoms with Crippen molar-refractivity contribution in [3.63, 3.8) is 0 Å². The Kier molecular flexibility index (Phi) is 2.92. The highest BCUT2D eigenvalue weighted by atomic mass is 16.3. The summed E-state index contributed by atoms with van der Waals surface area (Å²) in [5, 5.41) is 11.9. The molecule has 0 aliphatic heterocycles. The molecule has 3 nitrogen and oxygen atoms in total. The van der Waals surface area contributed by atoms with E-state index in [1.54, 1.807) is 0 Å². The van der Waals surface area contributed by atoms with Crippen LogP contribution in [0.4, 0.5) is 0 Å². The smallest absolute Gasteiger partial charge is 0.226 e. The normalized spacial score (nSPS) is 45.2. The molecule has 0 heterocycles. The van der Waals surface area contributed by atoms with E-state index < -0.39 is 0 Å². The molecule has 0 saturated heterocycles. The molecule has 2 unspecified atom stereocenters. The van der Waals surface area contributed by atoms with E-state index in [0.29, 0.717) is 18.4 Å². The third-order valence-electron chi connectivity index (χ3n) is 5.46. The molecular formula is C15H25NO2. The SMILES string of the molecule is CC12CC3CC(C1)CC(C(=O)NCCCO)(C3)C2. The van der Waals surface area contributed by atoms with Crippen LogP contribution in [0.15, 0.2) is 0 Å². The molecule has 4 saturated carbocycles. The van der Waals surface area contributed by atoms with Gasteiger partial charge in [-0.05, 0) is 62.2 Å². The monoisotopic (exact) mass is 251 g/mol. The van der Waals surface area contributed by atoms with Gasteiger partial charge in [-0.15, -0.1) is 0 Å². The van der Waals surface area contributed by atoms with Crippen LogP contribution in [0.25, 0.3) is 0 Å². The first kappa shape index (κ1) is 12.5. The van der Waals surface area contributed by atoms with Gasteiger partial charge >= 0.3 is 0 Å². The predicted molar refractivity (Wildman–Crippen MR) is 69.9 cm³/mol. The highest BCUT2D eigenvalue weighted by molar-refractivity contribution is 5.83. The fourth-order valence-electron chi connectivity index (χ4n) is 5.45. The number of aliphatic hydroxyl groups excluding tert-OH is 1. The molecular weight excluding hydrogens is 226 g/mol. The van der Waals surface area contributed by atoms with E-state index in [1.807, 2.05) is 0 Å². The second kappa shape index (κ2) is 4.22. The predicted octanol–water partition coefficient (Wildman–Crippen LogP) is 2.09. The number of hydrogen-bond acceptors (Lipinski definition) is 2. The molecule has 0 aromatic rings. The molecule has 2 N–H and O–H groups in total. The molecule has 4 aliphatic carbocycles. The van der Waals surface area contributed by atoms with E-state index in [-0.39, 0.29) is 17.9 Å². The zero-order valence-corrected chi connectivity index (χ0v) is 11.4. The minimum absolute atomic E-state index is 0.0612. The van der Waals surface area contributed by atoms with E-state index >= 15 is 0 Å². The zero-order chi connectivity index (χ0) is 12.8. The first-order valence-electron chi connectivity index (χ1n) is 7.44. The van der Waals surface area contributed by atoms with E-state index in [2.05, 4.69) is 12.2 Å². The number of carbonyl (C=O) groups is 1. The Morgan fingerprint density at radius 1 is 1.28 bits per heavy atom. The number of rotatable bonds is 4. The summed E-state index contributed by atoms with van der Waals surface area (Å²) in [6, 6.07) is 0. The van der Waals surface area contributed by atoms with Gasteiger partial charge in [-0.25, -0.2) is 0 Å². The standard InChI is InChI=1S/C15H25NO2/c1-14-6-11-5-12(7-14)9-15(8-11,10-14)13(18)16-3-2-4-17/h11-12,17H,2-10H2,1H3,(H,16,18). The van der Waals surface area contributed by atoms with Crippen LogP contribution in [-0.2, 0) is 4.79 Å². The molecule has 0 aromatic heterocycles. The number of carbonyl (C=O) groups excluding carboxylic acids is 1. The Labute approximate surface area is 109 Å². The van der Waals surface area contributed by atoms with Gasteiger partial charge in [0.1, 0.15) is 0 Å². The van der Waals surface area contributed by atoms with Crippen molar-refractivity contribution in [2.24, 2.45) is 22.7 Å². The highest BCUT2D eigenvalue weighted by Crippen LogP contribution is 2.65. The van der Waals surface area contributed by atoms with Crippen molar-refractivity contribution in [2.45, 2.75) is 51.9 Å². The Balaban J connectivity index is 1.72. The summed E-state index contributed by atoms with van der Waals surface area (Å²) in [5.41, 5.74) is 0.368. The van der Waals surface area contributed by atoms with Crippen LogP contribution in [0.3, 0.4) is 0 Å². The summed E-state index contributed by atoms with van der Waals surface area (Å²) in [7, 11) is 0. The third-order valence-corrected chi connectivity index (χ3v) is 5.46. The van der Waals surface area contributed by atoms with Gasteiger partial charge in [-0.3, -0.25) is 4.79 Å². The van der Waals surface area contributed by atoms with Gasteiger partial charge in [0.05, 0.1) is 5.41 Å². The molecule has 4 aliphatic rings. The second-order valence-electron chi connectivity index (χ2n) is 7.39. The fraction of sp³-hybridized carbons (Fsp3) is 0.933. The Hall–Kier alpha value is -0.570. The number of hydrogen-bond donors (Lipinski definition) is 2. The molecule has 4 bridgehead atoms. The van der Waals surface area contributed by atoms with Gasteiger partial charge < -0.3 is 10.4 Å². The molecule has 2 atom stereocenters. The lowest BCUT2D eigenvalue weighted by atomic mass is 9.44. The third kappa shape index (κ3) is 1.97. The van der Waals surface area contributed by atoms with Crippen LogP contribution >= 0.6 is 0 Å². The van der Waals surface area contributed by atoms with Gasteiger partial charge in [-0.1, -0.05) is 6.92 Å². The van der Waals surface area contributed by atoms with Crippen molar-refractivity contribution in [2.75, 3.05) is 13.2 Å². The van der Waals surface area contributed by atoms with Crippen LogP contribution < -0.4 is 5.32 Å². The van der Waals surface area contributed by atoms with Crippen molar-refractivity contribution in [1.29, 1.82) is 0 Å².